The fourth-order valence-corrected chi connectivity index (χ4v) is 3.04. The van der Waals surface area contributed by atoms with Gasteiger partial charge in [-0.15, -0.1) is 0 Å². The summed E-state index contributed by atoms with van der Waals surface area (Å²) in [7, 11) is 0. The van der Waals surface area contributed by atoms with Crippen LogP contribution in [0.4, 0.5) is 0 Å². The number of piperidine rings is 1. The second-order valence-corrected chi connectivity index (χ2v) is 5.59. The predicted octanol–water partition coefficient (Wildman–Crippen LogP) is 2.25. The van der Waals surface area contributed by atoms with E-state index in [9.17, 15) is 9.59 Å². The van der Waals surface area contributed by atoms with Crippen LogP contribution in [0.15, 0.2) is 24.3 Å². The lowest BCUT2D eigenvalue weighted by Crippen LogP contribution is -2.43. The number of carbonyl (C=O) groups excluding carboxylic acids is 2. The SMILES string of the molecule is C[C@@H]1CCCCN1C(=O)Cn1c(C=O)nc2ccccc21. The van der Waals surface area contributed by atoms with E-state index in [0.29, 0.717) is 12.1 Å². The van der Waals surface area contributed by atoms with Gasteiger partial charge in [0.05, 0.1) is 11.0 Å². The third kappa shape index (κ3) is 2.55. The van der Waals surface area contributed by atoms with Gasteiger partial charge in [-0.05, 0) is 38.3 Å². The van der Waals surface area contributed by atoms with Gasteiger partial charge in [0.2, 0.25) is 5.91 Å². The Bertz CT molecular complexity index is 677. The molecule has 0 radical (unpaired) electrons. The summed E-state index contributed by atoms with van der Waals surface area (Å²) in [6.07, 6.45) is 4.00. The van der Waals surface area contributed by atoms with Crippen molar-refractivity contribution in [2.45, 2.75) is 38.8 Å². The molecular weight excluding hydrogens is 266 g/mol. The topological polar surface area (TPSA) is 55.2 Å². The van der Waals surface area contributed by atoms with Crippen LogP contribution in [-0.2, 0) is 11.3 Å². The van der Waals surface area contributed by atoms with Crippen LogP contribution in [0, 0.1) is 0 Å². The van der Waals surface area contributed by atoms with Gasteiger partial charge in [0.15, 0.2) is 12.1 Å². The van der Waals surface area contributed by atoms with Crippen LogP contribution in [0.1, 0.15) is 36.8 Å². The fourth-order valence-electron chi connectivity index (χ4n) is 3.04. The highest BCUT2D eigenvalue weighted by atomic mass is 16.2. The quantitative estimate of drug-likeness (QED) is 0.813. The number of para-hydroxylation sites is 2. The first-order chi connectivity index (χ1) is 10.2. The van der Waals surface area contributed by atoms with Crippen LogP contribution in [0.5, 0.6) is 0 Å². The van der Waals surface area contributed by atoms with E-state index in [1.165, 1.54) is 6.42 Å². The zero-order valence-electron chi connectivity index (χ0n) is 12.2. The largest absolute Gasteiger partial charge is 0.338 e. The van der Waals surface area contributed by atoms with Crippen LogP contribution >= 0.6 is 0 Å². The predicted molar refractivity (Wildman–Crippen MR) is 80.1 cm³/mol. The molecule has 0 aliphatic carbocycles. The molecule has 0 N–H and O–H groups in total. The van der Waals surface area contributed by atoms with Crippen molar-refractivity contribution < 1.29 is 9.59 Å². The summed E-state index contributed by atoms with van der Waals surface area (Å²) in [6.45, 7) is 3.08. The maximum atomic E-state index is 12.5. The lowest BCUT2D eigenvalue weighted by atomic mass is 10.0. The molecule has 1 atom stereocenters. The van der Waals surface area contributed by atoms with E-state index in [4.69, 9.17) is 0 Å². The molecule has 1 aromatic carbocycles. The smallest absolute Gasteiger partial charge is 0.242 e. The summed E-state index contributed by atoms with van der Waals surface area (Å²) < 4.78 is 1.71. The maximum Gasteiger partial charge on any atom is 0.242 e. The van der Waals surface area contributed by atoms with Gasteiger partial charge in [-0.25, -0.2) is 4.98 Å². The first kappa shape index (κ1) is 13.8. The van der Waals surface area contributed by atoms with E-state index in [-0.39, 0.29) is 18.5 Å². The summed E-state index contributed by atoms with van der Waals surface area (Å²) in [4.78, 5) is 30.0. The van der Waals surface area contributed by atoms with Crippen molar-refractivity contribution >= 4 is 23.2 Å². The Morgan fingerprint density at radius 1 is 1.38 bits per heavy atom. The molecule has 3 rings (SSSR count). The van der Waals surface area contributed by atoms with E-state index in [1.807, 2.05) is 29.2 Å². The molecule has 110 valence electrons. The van der Waals surface area contributed by atoms with Crippen molar-refractivity contribution in [2.24, 2.45) is 0 Å². The van der Waals surface area contributed by atoms with Crippen molar-refractivity contribution in [1.29, 1.82) is 0 Å². The number of hydrogen-bond acceptors (Lipinski definition) is 3. The van der Waals surface area contributed by atoms with E-state index in [1.54, 1.807) is 4.57 Å². The van der Waals surface area contributed by atoms with Gasteiger partial charge >= 0.3 is 0 Å². The van der Waals surface area contributed by atoms with Crippen LogP contribution in [-0.4, -0.2) is 39.2 Å². The summed E-state index contributed by atoms with van der Waals surface area (Å²) in [5, 5.41) is 0. The van der Waals surface area contributed by atoms with E-state index in [2.05, 4.69) is 11.9 Å². The number of rotatable bonds is 3. The molecule has 2 aromatic rings. The minimum Gasteiger partial charge on any atom is -0.338 e. The summed E-state index contributed by atoms with van der Waals surface area (Å²) in [5.74, 6) is 0.377. The van der Waals surface area contributed by atoms with Crippen molar-refractivity contribution in [3.05, 3.63) is 30.1 Å². The average molecular weight is 285 g/mol. The number of aromatic nitrogens is 2. The molecule has 0 unspecified atom stereocenters. The fraction of sp³-hybridized carbons (Fsp3) is 0.438. The zero-order chi connectivity index (χ0) is 14.8. The number of likely N-dealkylation sites (tertiary alicyclic amines) is 1. The van der Waals surface area contributed by atoms with Crippen LogP contribution in [0.2, 0.25) is 0 Å². The molecule has 1 aromatic heterocycles. The molecule has 5 heteroatoms. The first-order valence-corrected chi connectivity index (χ1v) is 7.40. The molecule has 0 saturated carbocycles. The normalized spacial score (nSPS) is 18.9. The third-order valence-electron chi connectivity index (χ3n) is 4.21. The van der Waals surface area contributed by atoms with Crippen molar-refractivity contribution in [1.82, 2.24) is 14.5 Å². The molecule has 0 bridgehead atoms. The number of aldehydes is 1. The lowest BCUT2D eigenvalue weighted by molar-refractivity contribution is -0.135. The minimum absolute atomic E-state index is 0.0634. The number of imidazole rings is 1. The van der Waals surface area contributed by atoms with Gasteiger partial charge in [0.1, 0.15) is 6.54 Å². The van der Waals surface area contributed by atoms with Gasteiger partial charge in [0, 0.05) is 12.6 Å². The minimum atomic E-state index is 0.0634. The number of fused-ring (bicyclic) bond motifs is 1. The summed E-state index contributed by atoms with van der Waals surface area (Å²) in [6, 6.07) is 7.79. The monoisotopic (exact) mass is 285 g/mol. The van der Waals surface area contributed by atoms with E-state index >= 15 is 0 Å². The Labute approximate surface area is 123 Å². The molecule has 21 heavy (non-hydrogen) atoms. The highest BCUT2D eigenvalue weighted by molar-refractivity contribution is 5.86. The molecule has 5 nitrogen and oxygen atoms in total. The number of carbonyl (C=O) groups is 2. The Morgan fingerprint density at radius 3 is 2.95 bits per heavy atom. The number of benzene rings is 1. The van der Waals surface area contributed by atoms with Crippen LogP contribution < -0.4 is 0 Å². The van der Waals surface area contributed by atoms with Gasteiger partial charge < -0.3 is 9.47 Å². The highest BCUT2D eigenvalue weighted by Gasteiger charge is 2.24. The van der Waals surface area contributed by atoms with Gasteiger partial charge in [-0.3, -0.25) is 9.59 Å². The summed E-state index contributed by atoms with van der Waals surface area (Å²) in [5.41, 5.74) is 1.58. The van der Waals surface area contributed by atoms with E-state index in [0.717, 1.165) is 30.4 Å². The molecule has 0 spiro atoms. The Morgan fingerprint density at radius 2 is 2.19 bits per heavy atom. The second-order valence-electron chi connectivity index (χ2n) is 5.59. The first-order valence-electron chi connectivity index (χ1n) is 7.40. The van der Waals surface area contributed by atoms with Crippen molar-refractivity contribution in [3.63, 3.8) is 0 Å². The molecule has 1 saturated heterocycles. The molecule has 1 aliphatic heterocycles. The number of amides is 1. The summed E-state index contributed by atoms with van der Waals surface area (Å²) >= 11 is 0. The van der Waals surface area contributed by atoms with Gasteiger partial charge in [-0.2, -0.15) is 0 Å². The molecule has 1 fully saturated rings. The average Bonchev–Trinajstić information content (AvgIpc) is 2.86. The number of hydrogen-bond donors (Lipinski definition) is 0. The Kier molecular flexibility index (Phi) is 3.73. The lowest BCUT2D eigenvalue weighted by Gasteiger charge is -2.33. The van der Waals surface area contributed by atoms with Crippen LogP contribution in [0.25, 0.3) is 11.0 Å². The molecule has 1 amide bonds. The zero-order valence-corrected chi connectivity index (χ0v) is 12.2. The number of nitrogens with zero attached hydrogens (tertiary/aromatic N) is 3. The second kappa shape index (κ2) is 5.68. The van der Waals surface area contributed by atoms with Crippen molar-refractivity contribution in [3.8, 4) is 0 Å². The molecule has 2 heterocycles. The van der Waals surface area contributed by atoms with Crippen LogP contribution in [0.3, 0.4) is 0 Å². The standard InChI is InChI=1S/C16H19N3O2/c1-12-6-4-5-9-18(12)16(21)10-19-14-8-3-2-7-13(14)17-15(19)11-20/h2-3,7-8,11-12H,4-6,9-10H2,1H3/t12-/m1/s1. The maximum absolute atomic E-state index is 12.5. The molecule has 1 aliphatic rings. The third-order valence-corrected chi connectivity index (χ3v) is 4.21. The van der Waals surface area contributed by atoms with Gasteiger partial charge in [-0.1, -0.05) is 12.1 Å². The highest BCUT2D eigenvalue weighted by Crippen LogP contribution is 2.19. The Hall–Kier alpha value is -2.17. The Balaban J connectivity index is 1.90. The van der Waals surface area contributed by atoms with E-state index < -0.39 is 0 Å². The van der Waals surface area contributed by atoms with Gasteiger partial charge in [0.25, 0.3) is 0 Å². The van der Waals surface area contributed by atoms with Crippen molar-refractivity contribution in [2.75, 3.05) is 6.54 Å². The molecular formula is C16H19N3O2.